The molecule has 0 radical (unpaired) electrons. The van der Waals surface area contributed by atoms with Crippen LogP contribution in [0.2, 0.25) is 10.0 Å². The summed E-state index contributed by atoms with van der Waals surface area (Å²) in [5.41, 5.74) is 0.0745. The number of aromatic carboxylic acids is 1. The fourth-order valence-electron chi connectivity index (χ4n) is 4.18. The predicted molar refractivity (Wildman–Crippen MR) is 127 cm³/mol. The molecule has 0 saturated carbocycles. The van der Waals surface area contributed by atoms with Crippen LogP contribution in [0.15, 0.2) is 58.3 Å². The van der Waals surface area contributed by atoms with Crippen LogP contribution in [0.4, 0.5) is 5.69 Å². The van der Waals surface area contributed by atoms with Gasteiger partial charge < -0.3 is 19.2 Å². The van der Waals surface area contributed by atoms with Gasteiger partial charge in [0.25, 0.3) is 0 Å². The second-order valence-electron chi connectivity index (χ2n) is 7.77. The van der Waals surface area contributed by atoms with Gasteiger partial charge in [-0.2, -0.15) is 0 Å². The third-order valence-corrected chi connectivity index (χ3v) is 6.34. The summed E-state index contributed by atoms with van der Waals surface area (Å²) in [6.07, 6.45) is 7.41. The lowest BCUT2D eigenvalue weighted by Crippen LogP contribution is -2.34. The van der Waals surface area contributed by atoms with Crippen molar-refractivity contribution in [2.75, 3.05) is 18.1 Å². The zero-order chi connectivity index (χ0) is 23.8. The highest BCUT2D eigenvalue weighted by molar-refractivity contribution is 6.34. The fraction of sp³-hybridized carbons (Fsp3) is 0.217. The fourth-order valence-corrected chi connectivity index (χ4v) is 4.63. The maximum atomic E-state index is 12.9. The van der Waals surface area contributed by atoms with E-state index in [2.05, 4.69) is 14.9 Å². The predicted octanol–water partition coefficient (Wildman–Crippen LogP) is 4.43. The number of hydrogen-bond acceptors (Lipinski definition) is 7. The Balaban J connectivity index is 1.57. The lowest BCUT2D eigenvalue weighted by molar-refractivity contribution is 0.0695. The summed E-state index contributed by atoms with van der Waals surface area (Å²) in [6.45, 7) is 1.07. The van der Waals surface area contributed by atoms with Crippen molar-refractivity contribution in [1.29, 1.82) is 0 Å². The summed E-state index contributed by atoms with van der Waals surface area (Å²) in [5, 5.41) is 10.4. The number of carboxylic acids is 1. The van der Waals surface area contributed by atoms with Gasteiger partial charge >= 0.3 is 12.0 Å². The lowest BCUT2D eigenvalue weighted by Gasteiger charge is -2.28. The quantitative estimate of drug-likeness (QED) is 0.413. The first-order valence-corrected chi connectivity index (χ1v) is 11.2. The maximum Gasteiger partial charge on any atom is 0.341 e. The third-order valence-electron chi connectivity index (χ3n) is 5.75. The van der Waals surface area contributed by atoms with E-state index in [4.69, 9.17) is 32.4 Å². The Morgan fingerprint density at radius 3 is 2.82 bits per heavy atom. The summed E-state index contributed by atoms with van der Waals surface area (Å²) < 4.78 is 12.7. The lowest BCUT2D eigenvalue weighted by atomic mass is 10.1. The van der Waals surface area contributed by atoms with E-state index in [0.29, 0.717) is 33.7 Å². The number of rotatable bonds is 6. The van der Waals surface area contributed by atoms with Crippen molar-refractivity contribution < 1.29 is 19.1 Å². The molecule has 4 aromatic rings. The van der Waals surface area contributed by atoms with Crippen LogP contribution in [0.3, 0.4) is 0 Å². The number of fused-ring (bicyclic) bond motifs is 1. The molecule has 1 aliphatic heterocycles. The zero-order valence-electron chi connectivity index (χ0n) is 17.6. The first kappa shape index (κ1) is 22.2. The maximum absolute atomic E-state index is 12.9. The number of carbonyl (C=O) groups is 1. The molecular formula is C23H18Cl2N4O5. The zero-order valence-corrected chi connectivity index (χ0v) is 19.2. The molecule has 0 spiro atoms. The van der Waals surface area contributed by atoms with Gasteiger partial charge in [-0.15, -0.1) is 0 Å². The topological polar surface area (TPSA) is 111 Å². The molecule has 11 heteroatoms. The summed E-state index contributed by atoms with van der Waals surface area (Å²) in [4.78, 5) is 34.9. The first-order valence-electron chi connectivity index (χ1n) is 10.5. The Hall–Kier alpha value is -3.56. The van der Waals surface area contributed by atoms with Gasteiger partial charge in [0, 0.05) is 24.3 Å². The summed E-state index contributed by atoms with van der Waals surface area (Å²) in [5.74, 6) is -0.989. The molecule has 34 heavy (non-hydrogen) atoms. The molecule has 3 aromatic heterocycles. The minimum Gasteiger partial charge on any atom is -0.477 e. The molecule has 4 heterocycles. The van der Waals surface area contributed by atoms with Crippen LogP contribution < -0.4 is 15.1 Å². The largest absolute Gasteiger partial charge is 0.477 e. The Morgan fingerprint density at radius 2 is 2.09 bits per heavy atom. The number of carboxylic acid groups (broad SMARTS) is 1. The van der Waals surface area contributed by atoms with Gasteiger partial charge in [0.05, 0.1) is 28.5 Å². The van der Waals surface area contributed by atoms with Crippen LogP contribution in [0.1, 0.15) is 23.2 Å². The number of nitrogens with zero attached hydrogens (tertiary/aromatic N) is 4. The summed E-state index contributed by atoms with van der Waals surface area (Å²) in [6, 6.07) is 6.81. The van der Waals surface area contributed by atoms with Crippen molar-refractivity contribution in [3.63, 3.8) is 0 Å². The van der Waals surface area contributed by atoms with Crippen molar-refractivity contribution in [3.05, 3.63) is 75.0 Å². The standard InChI is InChI=1S/C23H18Cl2N4O5/c24-16-4-1-5-26-21(16)34-12-13-3-2-7-28(13)19-10-18-14(9-17(19)25)20(30)15(22(31)32)11-29(18)23-27-6-8-33-23/h1,4-6,8-11,13H,2-3,7,12H2,(H,31,32)/t13-/m1/s1. The van der Waals surface area contributed by atoms with Gasteiger partial charge in [0.1, 0.15) is 23.5 Å². The normalized spacial score (nSPS) is 15.7. The smallest absolute Gasteiger partial charge is 0.341 e. The highest BCUT2D eigenvalue weighted by Crippen LogP contribution is 2.35. The van der Waals surface area contributed by atoms with Crippen LogP contribution in [-0.4, -0.2) is 44.8 Å². The van der Waals surface area contributed by atoms with Crippen LogP contribution in [0.25, 0.3) is 16.9 Å². The van der Waals surface area contributed by atoms with Crippen LogP contribution in [0.5, 0.6) is 5.88 Å². The minimum atomic E-state index is -1.35. The molecule has 9 nitrogen and oxygen atoms in total. The van der Waals surface area contributed by atoms with Crippen molar-refractivity contribution in [2.24, 2.45) is 0 Å². The highest BCUT2D eigenvalue weighted by atomic mass is 35.5. The number of ether oxygens (including phenoxy) is 1. The van der Waals surface area contributed by atoms with Crippen molar-refractivity contribution in [2.45, 2.75) is 18.9 Å². The molecule has 1 fully saturated rings. The average Bonchev–Trinajstić information content (AvgIpc) is 3.51. The molecule has 1 saturated heterocycles. The Bertz CT molecular complexity index is 1440. The Kier molecular flexibility index (Phi) is 5.89. The molecular weight excluding hydrogens is 483 g/mol. The Labute approximate surface area is 203 Å². The molecule has 0 unspecified atom stereocenters. The van der Waals surface area contributed by atoms with E-state index in [1.807, 2.05) is 0 Å². The number of pyridine rings is 2. The number of halogens is 2. The molecule has 0 amide bonds. The molecule has 1 aromatic carbocycles. The molecule has 0 bridgehead atoms. The van der Waals surface area contributed by atoms with Crippen molar-refractivity contribution in [3.8, 4) is 11.9 Å². The molecule has 1 atom stereocenters. The van der Waals surface area contributed by atoms with Crippen LogP contribution in [0, 0.1) is 0 Å². The summed E-state index contributed by atoms with van der Waals surface area (Å²) in [7, 11) is 0. The van der Waals surface area contributed by atoms with E-state index >= 15 is 0 Å². The van der Waals surface area contributed by atoms with Gasteiger partial charge in [0.15, 0.2) is 0 Å². The van der Waals surface area contributed by atoms with Gasteiger partial charge in [-0.1, -0.05) is 23.2 Å². The second-order valence-corrected chi connectivity index (χ2v) is 8.59. The van der Waals surface area contributed by atoms with Crippen LogP contribution >= 0.6 is 23.2 Å². The van der Waals surface area contributed by atoms with E-state index in [0.717, 1.165) is 19.4 Å². The molecule has 0 aliphatic carbocycles. The van der Waals surface area contributed by atoms with E-state index in [1.54, 1.807) is 24.4 Å². The van der Waals surface area contributed by atoms with E-state index in [-0.39, 0.29) is 17.4 Å². The first-order chi connectivity index (χ1) is 16.4. The van der Waals surface area contributed by atoms with Crippen molar-refractivity contribution >= 4 is 45.8 Å². The van der Waals surface area contributed by atoms with Gasteiger partial charge in [0.2, 0.25) is 11.3 Å². The Morgan fingerprint density at radius 1 is 1.24 bits per heavy atom. The van der Waals surface area contributed by atoms with E-state index in [1.165, 1.54) is 29.3 Å². The van der Waals surface area contributed by atoms with E-state index in [9.17, 15) is 14.7 Å². The second kappa shape index (κ2) is 9.00. The number of oxazole rings is 1. The monoisotopic (exact) mass is 500 g/mol. The van der Waals surface area contributed by atoms with E-state index < -0.39 is 17.0 Å². The minimum absolute atomic E-state index is 0.00627. The highest BCUT2D eigenvalue weighted by Gasteiger charge is 2.29. The SMILES string of the molecule is O=C(O)c1cn(-c2ncco2)c2cc(N3CCC[C@@H]3COc3ncccc3Cl)c(Cl)cc2c1=O. The van der Waals surface area contributed by atoms with Crippen LogP contribution in [-0.2, 0) is 0 Å². The molecule has 1 aliphatic rings. The summed E-state index contributed by atoms with van der Waals surface area (Å²) >= 11 is 12.8. The van der Waals surface area contributed by atoms with Gasteiger partial charge in [-0.05, 0) is 37.1 Å². The number of benzene rings is 1. The third kappa shape index (κ3) is 3.97. The van der Waals surface area contributed by atoms with Gasteiger partial charge in [-0.3, -0.25) is 9.36 Å². The number of anilines is 1. The number of aromatic nitrogens is 3. The van der Waals surface area contributed by atoms with Gasteiger partial charge in [-0.25, -0.2) is 14.8 Å². The number of hydrogen-bond donors (Lipinski definition) is 1. The molecule has 174 valence electrons. The average molecular weight is 501 g/mol. The van der Waals surface area contributed by atoms with Crippen molar-refractivity contribution in [1.82, 2.24) is 14.5 Å². The molecule has 1 N–H and O–H groups in total. The molecule has 5 rings (SSSR count).